The van der Waals surface area contributed by atoms with Crippen LogP contribution in [0.5, 0.6) is 0 Å². The van der Waals surface area contributed by atoms with E-state index in [-0.39, 0.29) is 0 Å². The third-order valence-corrected chi connectivity index (χ3v) is 4.02. The molecule has 2 nitrogen and oxygen atoms in total. The molecule has 2 aromatic carbocycles. The SMILES string of the molecule is Cc1ccc(Sc2cc(C)c([N+]#N)cc2C)cc1.F[P-](F)(F)(F)(F)F. The number of halogens is 6. The molecule has 10 heteroatoms. The van der Waals surface area contributed by atoms with Gasteiger partial charge in [0.2, 0.25) is 5.39 Å². The summed E-state index contributed by atoms with van der Waals surface area (Å²) in [5.41, 5.74) is 4.01. The third kappa shape index (κ3) is 9.95. The van der Waals surface area contributed by atoms with Gasteiger partial charge in [-0.2, -0.15) is 0 Å². The summed E-state index contributed by atoms with van der Waals surface area (Å²) >= 11 is 1.73. The molecule has 0 aliphatic carbocycles. The molecule has 0 bridgehead atoms. The van der Waals surface area contributed by atoms with Crippen molar-refractivity contribution < 1.29 is 25.2 Å². The Labute approximate surface area is 145 Å². The Hall–Kier alpha value is -1.78. The van der Waals surface area contributed by atoms with Crippen molar-refractivity contribution in [1.82, 2.24) is 0 Å². The Morgan fingerprint density at radius 3 is 1.76 bits per heavy atom. The van der Waals surface area contributed by atoms with Crippen molar-refractivity contribution in [3.05, 3.63) is 58.1 Å². The Kier molecular flexibility index (Phi) is 5.53. The van der Waals surface area contributed by atoms with Crippen LogP contribution in [0.15, 0.2) is 46.2 Å². The average molecular weight is 400 g/mol. The molecule has 0 fully saturated rings. The van der Waals surface area contributed by atoms with Gasteiger partial charge in [0.05, 0.1) is 0 Å². The number of diazo groups is 1. The molecule has 2 rings (SSSR count). The van der Waals surface area contributed by atoms with Gasteiger partial charge < -0.3 is 0 Å². The van der Waals surface area contributed by atoms with E-state index in [1.807, 2.05) is 19.9 Å². The van der Waals surface area contributed by atoms with Gasteiger partial charge in [-0.15, -0.1) is 0 Å². The predicted octanol–water partition coefficient (Wildman–Crippen LogP) is 8.63. The van der Waals surface area contributed by atoms with E-state index in [0.29, 0.717) is 5.69 Å². The minimum atomic E-state index is -10.7. The fourth-order valence-corrected chi connectivity index (χ4v) is 2.71. The fraction of sp³-hybridized carbons (Fsp3) is 0.200. The molecule has 0 atom stereocenters. The van der Waals surface area contributed by atoms with E-state index in [4.69, 9.17) is 5.39 Å². The molecule has 0 saturated carbocycles. The van der Waals surface area contributed by atoms with Crippen LogP contribution in [0.4, 0.5) is 30.9 Å². The zero-order valence-corrected chi connectivity index (χ0v) is 15.2. The van der Waals surface area contributed by atoms with Crippen molar-refractivity contribution >= 4 is 25.3 Å². The van der Waals surface area contributed by atoms with E-state index in [1.165, 1.54) is 15.4 Å². The van der Waals surface area contributed by atoms with Gasteiger partial charge in [0.1, 0.15) is 0 Å². The molecule has 0 N–H and O–H groups in total. The second-order valence-electron chi connectivity index (χ2n) is 5.38. The van der Waals surface area contributed by atoms with E-state index in [2.05, 4.69) is 42.2 Å². The van der Waals surface area contributed by atoms with Crippen molar-refractivity contribution in [2.45, 2.75) is 30.6 Å². The number of nitrogens with zero attached hydrogens (tertiary/aromatic N) is 2. The van der Waals surface area contributed by atoms with Gasteiger partial charge in [-0.1, -0.05) is 29.5 Å². The molecular weight excluding hydrogens is 385 g/mol. The fourth-order valence-electron chi connectivity index (χ4n) is 1.73. The maximum atomic E-state index is 9.87. The quantitative estimate of drug-likeness (QED) is 0.287. The number of hydrogen-bond donors (Lipinski definition) is 0. The number of hydrogen-bond acceptors (Lipinski definition) is 2. The summed E-state index contributed by atoms with van der Waals surface area (Å²) in [5.74, 6) is 0. The minimum absolute atomic E-state index is 0.640. The van der Waals surface area contributed by atoms with Crippen LogP contribution < -0.4 is 0 Å². The number of aryl methyl sites for hydroxylation is 3. The standard InChI is InChI=1S/C15H15N2S.F6P/c1-10-4-6-13(7-5-10)18-15-9-11(2)14(17-16)8-12(15)3;1-7(2,3,4,5)6/h4-9H,1-3H3;/q+1;-1. The molecule has 0 radical (unpaired) electrons. The summed E-state index contributed by atoms with van der Waals surface area (Å²) in [6, 6.07) is 12.4. The third-order valence-electron chi connectivity index (χ3n) is 2.85. The second-order valence-corrected chi connectivity index (χ2v) is 8.41. The first kappa shape index (κ1) is 21.3. The van der Waals surface area contributed by atoms with Gasteiger partial charge in [0.25, 0.3) is 0 Å². The van der Waals surface area contributed by atoms with Crippen LogP contribution in [0.2, 0.25) is 0 Å². The summed E-state index contributed by atoms with van der Waals surface area (Å²) in [4.78, 5) is 5.70. The molecule has 2 aromatic rings. The van der Waals surface area contributed by atoms with Gasteiger partial charge >= 0.3 is 38.7 Å². The predicted molar refractivity (Wildman–Crippen MR) is 89.5 cm³/mol. The van der Waals surface area contributed by atoms with Crippen LogP contribution in [0.25, 0.3) is 4.98 Å². The molecule has 138 valence electrons. The van der Waals surface area contributed by atoms with Crippen LogP contribution in [0.3, 0.4) is 0 Å². The van der Waals surface area contributed by atoms with Gasteiger partial charge in [0.15, 0.2) is 4.98 Å². The van der Waals surface area contributed by atoms with Crippen LogP contribution >= 0.6 is 19.6 Å². The molecular formula is C15H15F6N2PS. The Bertz CT molecular complexity index is 800. The Balaban J connectivity index is 0.000000381. The van der Waals surface area contributed by atoms with Gasteiger partial charge in [-0.25, -0.2) is 0 Å². The van der Waals surface area contributed by atoms with Gasteiger partial charge in [-0.05, 0) is 44.5 Å². The summed E-state index contributed by atoms with van der Waals surface area (Å²) in [6.07, 6.45) is 0. The summed E-state index contributed by atoms with van der Waals surface area (Å²) in [5, 5.41) is 8.87. The van der Waals surface area contributed by atoms with Crippen LogP contribution in [0, 0.1) is 26.2 Å². The van der Waals surface area contributed by atoms with Crippen molar-refractivity contribution in [3.8, 4) is 0 Å². The van der Waals surface area contributed by atoms with E-state index < -0.39 is 7.81 Å². The normalized spacial score (nSPS) is 13.8. The molecule has 0 aliphatic heterocycles. The van der Waals surface area contributed by atoms with E-state index in [9.17, 15) is 25.2 Å². The first-order valence-electron chi connectivity index (χ1n) is 6.82. The molecule has 0 spiro atoms. The van der Waals surface area contributed by atoms with E-state index in [0.717, 1.165) is 11.1 Å². The van der Waals surface area contributed by atoms with E-state index >= 15 is 0 Å². The maximum absolute atomic E-state index is 10.7. The zero-order chi connectivity index (χ0) is 19.5. The van der Waals surface area contributed by atoms with Crippen LogP contribution in [-0.4, -0.2) is 0 Å². The second kappa shape index (κ2) is 6.50. The summed E-state index contributed by atoms with van der Waals surface area (Å²) < 4.78 is 59.2. The molecule has 25 heavy (non-hydrogen) atoms. The number of rotatable bonds is 2. The van der Waals surface area contributed by atoms with Crippen molar-refractivity contribution in [3.63, 3.8) is 0 Å². The van der Waals surface area contributed by atoms with Crippen molar-refractivity contribution in [1.29, 1.82) is 5.39 Å². The first-order chi connectivity index (χ1) is 11.0. The van der Waals surface area contributed by atoms with Gasteiger partial charge in [0, 0.05) is 21.4 Å². The molecule has 0 aromatic heterocycles. The molecule has 0 saturated heterocycles. The van der Waals surface area contributed by atoms with Crippen LogP contribution in [-0.2, 0) is 0 Å². The Morgan fingerprint density at radius 1 is 0.840 bits per heavy atom. The molecule has 0 unspecified atom stereocenters. The van der Waals surface area contributed by atoms with Gasteiger partial charge in [-0.3, -0.25) is 0 Å². The van der Waals surface area contributed by atoms with Crippen LogP contribution in [0.1, 0.15) is 16.7 Å². The molecule has 0 amide bonds. The zero-order valence-electron chi connectivity index (χ0n) is 13.5. The average Bonchev–Trinajstić information content (AvgIpc) is 2.41. The topological polar surface area (TPSA) is 28.1 Å². The Morgan fingerprint density at radius 2 is 1.32 bits per heavy atom. The number of benzene rings is 2. The first-order valence-corrected chi connectivity index (χ1v) is 9.67. The monoisotopic (exact) mass is 400 g/mol. The van der Waals surface area contributed by atoms with E-state index in [1.54, 1.807) is 11.8 Å². The van der Waals surface area contributed by atoms with Crippen molar-refractivity contribution in [2.24, 2.45) is 0 Å². The molecule has 0 heterocycles. The molecule has 0 aliphatic rings. The summed E-state index contributed by atoms with van der Waals surface area (Å²) in [7, 11) is -10.7. The summed E-state index contributed by atoms with van der Waals surface area (Å²) in [6.45, 7) is 6.07. The van der Waals surface area contributed by atoms with Crippen molar-refractivity contribution in [2.75, 3.05) is 0 Å².